The number of hydrogen-bond acceptors (Lipinski definition) is 3. The first-order valence-electron chi connectivity index (χ1n) is 5.01. The number of nitrogens with zero attached hydrogens (tertiary/aromatic N) is 1. The van der Waals surface area contributed by atoms with Crippen LogP contribution in [0.3, 0.4) is 0 Å². The molecule has 0 aliphatic rings. The molecule has 0 aliphatic carbocycles. The molecule has 1 N–H and O–H groups in total. The smallest absolute Gasteiger partial charge is 0.416 e. The summed E-state index contributed by atoms with van der Waals surface area (Å²) >= 11 is 0. The Hall–Kier alpha value is -1.98. The number of carbonyl (C=O) groups is 1. The zero-order chi connectivity index (χ0) is 13.9. The maximum atomic E-state index is 12.3. The molecule has 98 valence electrons. The molecule has 0 unspecified atom stereocenters. The number of rotatable bonds is 3. The Bertz CT molecular complexity index is 479. The second-order valence-corrected chi connectivity index (χ2v) is 3.87. The first kappa shape index (κ1) is 14.1. The van der Waals surface area contributed by atoms with E-state index in [4.69, 9.17) is 0 Å². The molecule has 6 heteroatoms. The van der Waals surface area contributed by atoms with E-state index in [-0.39, 0.29) is 5.56 Å². The summed E-state index contributed by atoms with van der Waals surface area (Å²) in [6.45, 7) is 0. The van der Waals surface area contributed by atoms with E-state index in [1.165, 1.54) is 12.3 Å². The summed E-state index contributed by atoms with van der Waals surface area (Å²) in [5, 5.41) is 9.42. The SMILES string of the molecule is CN(C)/C=C/C(=O)c1ccc(C(F)(F)F)cc1O. The van der Waals surface area contributed by atoms with E-state index in [9.17, 15) is 23.1 Å². The van der Waals surface area contributed by atoms with Crippen LogP contribution in [0.4, 0.5) is 13.2 Å². The van der Waals surface area contributed by atoms with Crippen molar-refractivity contribution in [2.75, 3.05) is 14.1 Å². The Morgan fingerprint density at radius 2 is 1.94 bits per heavy atom. The number of alkyl halides is 3. The molecule has 0 radical (unpaired) electrons. The molecule has 3 nitrogen and oxygen atoms in total. The number of phenolic OH excluding ortho intramolecular Hbond substituents is 1. The van der Waals surface area contributed by atoms with Crippen molar-refractivity contribution in [1.82, 2.24) is 4.90 Å². The lowest BCUT2D eigenvalue weighted by atomic mass is 10.1. The van der Waals surface area contributed by atoms with Gasteiger partial charge in [-0.05, 0) is 18.2 Å². The Labute approximate surface area is 102 Å². The molecular weight excluding hydrogens is 247 g/mol. The zero-order valence-electron chi connectivity index (χ0n) is 9.82. The molecule has 0 fully saturated rings. The average molecular weight is 259 g/mol. The largest absolute Gasteiger partial charge is 0.507 e. The molecule has 0 spiro atoms. The van der Waals surface area contributed by atoms with Gasteiger partial charge in [-0.1, -0.05) is 0 Å². The highest BCUT2D eigenvalue weighted by molar-refractivity contribution is 6.06. The molecule has 0 atom stereocenters. The van der Waals surface area contributed by atoms with E-state index in [1.807, 2.05) is 0 Å². The van der Waals surface area contributed by atoms with Crippen LogP contribution in [0.25, 0.3) is 0 Å². The van der Waals surface area contributed by atoms with Gasteiger partial charge in [-0.25, -0.2) is 0 Å². The highest BCUT2D eigenvalue weighted by atomic mass is 19.4. The lowest BCUT2D eigenvalue weighted by molar-refractivity contribution is -0.137. The maximum absolute atomic E-state index is 12.3. The molecule has 0 aliphatic heterocycles. The van der Waals surface area contributed by atoms with Crippen molar-refractivity contribution >= 4 is 5.78 Å². The second-order valence-electron chi connectivity index (χ2n) is 3.87. The molecule has 0 saturated carbocycles. The van der Waals surface area contributed by atoms with E-state index in [2.05, 4.69) is 0 Å². The van der Waals surface area contributed by atoms with Crippen LogP contribution in [-0.2, 0) is 6.18 Å². The van der Waals surface area contributed by atoms with E-state index >= 15 is 0 Å². The van der Waals surface area contributed by atoms with Gasteiger partial charge < -0.3 is 10.0 Å². The third-order valence-electron chi connectivity index (χ3n) is 2.11. The Morgan fingerprint density at radius 3 is 2.39 bits per heavy atom. The number of benzene rings is 1. The van der Waals surface area contributed by atoms with E-state index in [1.54, 1.807) is 19.0 Å². The van der Waals surface area contributed by atoms with Crippen molar-refractivity contribution < 1.29 is 23.1 Å². The molecule has 0 bridgehead atoms. The molecule has 18 heavy (non-hydrogen) atoms. The first-order valence-corrected chi connectivity index (χ1v) is 5.01. The van der Waals surface area contributed by atoms with Crippen molar-refractivity contribution in [1.29, 1.82) is 0 Å². The number of phenols is 1. The van der Waals surface area contributed by atoms with Crippen molar-refractivity contribution in [3.8, 4) is 5.75 Å². The number of carbonyl (C=O) groups excluding carboxylic acids is 1. The predicted molar refractivity (Wildman–Crippen MR) is 60.3 cm³/mol. The summed E-state index contributed by atoms with van der Waals surface area (Å²) in [5.41, 5.74) is -1.16. The minimum absolute atomic E-state index is 0.166. The lowest BCUT2D eigenvalue weighted by Crippen LogP contribution is -2.06. The van der Waals surface area contributed by atoms with Crippen LogP contribution in [0.2, 0.25) is 0 Å². The molecule has 0 heterocycles. The van der Waals surface area contributed by atoms with Gasteiger partial charge >= 0.3 is 6.18 Å². The fraction of sp³-hybridized carbons (Fsp3) is 0.250. The van der Waals surface area contributed by atoms with E-state index in [0.29, 0.717) is 6.07 Å². The summed E-state index contributed by atoms with van der Waals surface area (Å²) < 4.78 is 37.0. The van der Waals surface area contributed by atoms with Crippen LogP contribution in [-0.4, -0.2) is 29.9 Å². The highest BCUT2D eigenvalue weighted by Crippen LogP contribution is 2.32. The normalized spacial score (nSPS) is 11.8. The van der Waals surface area contributed by atoms with Gasteiger partial charge in [-0.3, -0.25) is 4.79 Å². The monoisotopic (exact) mass is 259 g/mol. The molecule has 0 aromatic heterocycles. The van der Waals surface area contributed by atoms with Crippen LogP contribution in [0.15, 0.2) is 30.5 Å². The molecule has 1 aromatic carbocycles. The van der Waals surface area contributed by atoms with Crippen LogP contribution >= 0.6 is 0 Å². The number of aromatic hydroxyl groups is 1. The predicted octanol–water partition coefficient (Wildman–Crippen LogP) is 2.67. The van der Waals surface area contributed by atoms with Gasteiger partial charge in [0.05, 0.1) is 11.1 Å². The number of ketones is 1. The summed E-state index contributed by atoms with van der Waals surface area (Å²) in [5.74, 6) is -1.24. The molecule has 0 saturated heterocycles. The van der Waals surface area contributed by atoms with Gasteiger partial charge in [0, 0.05) is 26.4 Å². The first-order chi connectivity index (χ1) is 8.21. The van der Waals surface area contributed by atoms with Gasteiger partial charge in [0.2, 0.25) is 0 Å². The second kappa shape index (κ2) is 5.12. The fourth-order valence-electron chi connectivity index (χ4n) is 1.22. The van der Waals surface area contributed by atoms with Crippen LogP contribution in [0.1, 0.15) is 15.9 Å². The minimum Gasteiger partial charge on any atom is -0.507 e. The maximum Gasteiger partial charge on any atom is 0.416 e. The van der Waals surface area contributed by atoms with E-state index in [0.717, 1.165) is 12.1 Å². The Kier molecular flexibility index (Phi) is 4.00. The quantitative estimate of drug-likeness (QED) is 0.670. The van der Waals surface area contributed by atoms with E-state index < -0.39 is 23.3 Å². The Morgan fingerprint density at radius 1 is 1.33 bits per heavy atom. The Balaban J connectivity index is 3.03. The average Bonchev–Trinajstić information content (AvgIpc) is 2.24. The van der Waals surface area contributed by atoms with Gasteiger partial charge in [0.25, 0.3) is 0 Å². The van der Waals surface area contributed by atoms with Gasteiger partial charge in [0.15, 0.2) is 5.78 Å². The molecule has 1 rings (SSSR count). The van der Waals surface area contributed by atoms with Crippen molar-refractivity contribution in [2.45, 2.75) is 6.18 Å². The number of halogens is 3. The number of hydrogen-bond donors (Lipinski definition) is 1. The standard InChI is InChI=1S/C12H12F3NO2/c1-16(2)6-5-10(17)9-4-3-8(7-11(9)18)12(13,14)15/h3-7,18H,1-2H3/b6-5+. The topological polar surface area (TPSA) is 40.5 Å². The van der Waals surface area contributed by atoms with Crippen molar-refractivity contribution in [3.63, 3.8) is 0 Å². The van der Waals surface area contributed by atoms with Gasteiger partial charge in [-0.2, -0.15) is 13.2 Å². The summed E-state index contributed by atoms with van der Waals surface area (Å²) in [6, 6.07) is 2.26. The summed E-state index contributed by atoms with van der Waals surface area (Å²) in [7, 11) is 3.38. The van der Waals surface area contributed by atoms with Crippen LogP contribution in [0, 0.1) is 0 Å². The van der Waals surface area contributed by atoms with Crippen LogP contribution in [0.5, 0.6) is 5.75 Å². The minimum atomic E-state index is -4.54. The molecule has 0 amide bonds. The van der Waals surface area contributed by atoms with Crippen LogP contribution < -0.4 is 0 Å². The third kappa shape index (κ3) is 3.51. The van der Waals surface area contributed by atoms with Gasteiger partial charge in [-0.15, -0.1) is 0 Å². The lowest BCUT2D eigenvalue weighted by Gasteiger charge is -2.08. The van der Waals surface area contributed by atoms with Gasteiger partial charge in [0.1, 0.15) is 5.75 Å². The fourth-order valence-corrected chi connectivity index (χ4v) is 1.22. The summed E-state index contributed by atoms with van der Waals surface area (Å²) in [4.78, 5) is 13.2. The third-order valence-corrected chi connectivity index (χ3v) is 2.11. The zero-order valence-corrected chi connectivity index (χ0v) is 9.82. The van der Waals surface area contributed by atoms with Crippen molar-refractivity contribution in [3.05, 3.63) is 41.6 Å². The number of allylic oxidation sites excluding steroid dienone is 1. The van der Waals surface area contributed by atoms with Crippen molar-refractivity contribution in [2.24, 2.45) is 0 Å². The molecule has 1 aromatic rings. The summed E-state index contributed by atoms with van der Waals surface area (Å²) in [6.07, 6.45) is -1.93. The highest BCUT2D eigenvalue weighted by Gasteiger charge is 2.31. The molecular formula is C12H12F3NO2.